The predicted octanol–water partition coefficient (Wildman–Crippen LogP) is 4.83. The molecule has 30 heavy (non-hydrogen) atoms. The van der Waals surface area contributed by atoms with E-state index in [4.69, 9.17) is 10.2 Å². The smallest absolute Gasteiger partial charge is 0.129 e. The zero-order chi connectivity index (χ0) is 21.1. The summed E-state index contributed by atoms with van der Waals surface area (Å²) in [6.07, 6.45) is 3.55. The summed E-state index contributed by atoms with van der Waals surface area (Å²) in [5.74, 6) is 2.14. The molecule has 0 radical (unpaired) electrons. The Kier molecular flexibility index (Phi) is 6.44. The molecule has 6 heteroatoms. The summed E-state index contributed by atoms with van der Waals surface area (Å²) < 4.78 is 2.08. The second-order valence-electron chi connectivity index (χ2n) is 7.92. The van der Waals surface area contributed by atoms with E-state index in [0.29, 0.717) is 6.04 Å². The van der Waals surface area contributed by atoms with Gasteiger partial charge in [-0.25, -0.2) is 4.68 Å². The van der Waals surface area contributed by atoms with E-state index >= 15 is 0 Å². The highest BCUT2D eigenvalue weighted by molar-refractivity contribution is 7.99. The summed E-state index contributed by atoms with van der Waals surface area (Å²) in [6, 6.07) is 13.1. The molecule has 0 amide bonds. The van der Waals surface area contributed by atoms with Gasteiger partial charge >= 0.3 is 0 Å². The number of fused-ring (bicyclic) bond motifs is 1. The van der Waals surface area contributed by atoms with Crippen LogP contribution in [0.4, 0.5) is 5.82 Å². The molecule has 2 atom stereocenters. The average molecular weight is 423 g/mol. The van der Waals surface area contributed by atoms with Crippen LogP contribution in [0.5, 0.6) is 0 Å². The molecule has 3 aromatic rings. The summed E-state index contributed by atoms with van der Waals surface area (Å²) in [6.45, 7) is 7.61. The third kappa shape index (κ3) is 4.12. The lowest BCUT2D eigenvalue weighted by atomic mass is 9.95. The minimum Gasteiger partial charge on any atom is -0.396 e. The lowest BCUT2D eigenvalue weighted by Crippen LogP contribution is -2.19. The average Bonchev–Trinajstić information content (AvgIpc) is 3.03. The van der Waals surface area contributed by atoms with Crippen molar-refractivity contribution in [3.05, 3.63) is 64.8 Å². The van der Waals surface area contributed by atoms with Crippen LogP contribution in [0.3, 0.4) is 0 Å². The van der Waals surface area contributed by atoms with Gasteiger partial charge in [0.15, 0.2) is 0 Å². The lowest BCUT2D eigenvalue weighted by Gasteiger charge is -2.19. The number of aryl methyl sites for hydroxylation is 3. The van der Waals surface area contributed by atoms with E-state index in [1.54, 1.807) is 0 Å². The molecule has 0 fully saturated rings. The van der Waals surface area contributed by atoms with Crippen LogP contribution in [-0.2, 0) is 13.0 Å². The maximum Gasteiger partial charge on any atom is 0.129 e. The molecule has 0 unspecified atom stereocenters. The molecule has 4 rings (SSSR count). The normalized spacial score (nSPS) is 18.5. The van der Waals surface area contributed by atoms with E-state index in [-0.39, 0.29) is 11.9 Å². The molecule has 0 aliphatic carbocycles. The highest BCUT2D eigenvalue weighted by atomic mass is 32.2. The molecule has 5 nitrogen and oxygen atoms in total. The van der Waals surface area contributed by atoms with Crippen molar-refractivity contribution < 1.29 is 5.11 Å². The molecule has 2 aromatic heterocycles. The Morgan fingerprint density at radius 2 is 2.13 bits per heavy atom. The highest BCUT2D eigenvalue weighted by Gasteiger charge is 2.32. The van der Waals surface area contributed by atoms with E-state index in [1.807, 2.05) is 36.2 Å². The Balaban J connectivity index is 1.85. The van der Waals surface area contributed by atoms with Gasteiger partial charge in [0.2, 0.25) is 0 Å². The number of hydrogen-bond donors (Lipinski definition) is 2. The van der Waals surface area contributed by atoms with Crippen LogP contribution < -0.4 is 5.32 Å². The number of nitrogens with one attached hydrogen (secondary N) is 1. The molecular formula is C24H30N4OS. The molecule has 158 valence electrons. The third-order valence-electron chi connectivity index (χ3n) is 5.59. The topological polar surface area (TPSA) is 63.0 Å². The van der Waals surface area contributed by atoms with Crippen LogP contribution in [-0.4, -0.2) is 38.3 Å². The summed E-state index contributed by atoms with van der Waals surface area (Å²) in [4.78, 5) is 4.62. The molecule has 1 aromatic carbocycles. The Morgan fingerprint density at radius 3 is 2.83 bits per heavy atom. The molecule has 1 aliphatic rings. The van der Waals surface area contributed by atoms with Crippen molar-refractivity contribution in [2.45, 2.75) is 51.4 Å². The Bertz CT molecular complexity index is 1000. The van der Waals surface area contributed by atoms with Crippen molar-refractivity contribution in [3.8, 4) is 11.4 Å². The van der Waals surface area contributed by atoms with Crippen LogP contribution in [0.15, 0.2) is 42.6 Å². The number of anilines is 1. The van der Waals surface area contributed by atoms with E-state index < -0.39 is 0 Å². The molecular weight excluding hydrogens is 392 g/mol. The number of thioether (sulfide) groups is 1. The van der Waals surface area contributed by atoms with Gasteiger partial charge in [-0.15, -0.1) is 11.8 Å². The monoisotopic (exact) mass is 422 g/mol. The number of aliphatic hydroxyl groups is 1. The number of pyridine rings is 1. The SMILES string of the molecule is CCn1nc(-c2ccccn2)c2c1N[C@@H](C)CS[C@H]2c1ccc(CCCO)cc1C. The number of aromatic nitrogens is 3. The van der Waals surface area contributed by atoms with Crippen molar-refractivity contribution in [2.24, 2.45) is 0 Å². The van der Waals surface area contributed by atoms with Crippen molar-refractivity contribution in [2.75, 3.05) is 17.7 Å². The number of nitrogens with zero attached hydrogens (tertiary/aromatic N) is 3. The quantitative estimate of drug-likeness (QED) is 0.595. The molecule has 1 aliphatic heterocycles. The van der Waals surface area contributed by atoms with Gasteiger partial charge in [-0.1, -0.05) is 24.3 Å². The van der Waals surface area contributed by atoms with Crippen LogP contribution >= 0.6 is 11.8 Å². The van der Waals surface area contributed by atoms with E-state index in [2.05, 4.69) is 54.0 Å². The third-order valence-corrected chi connectivity index (χ3v) is 7.11. The van der Waals surface area contributed by atoms with Crippen molar-refractivity contribution >= 4 is 17.6 Å². The van der Waals surface area contributed by atoms with E-state index in [0.717, 1.165) is 42.3 Å². The summed E-state index contributed by atoms with van der Waals surface area (Å²) in [7, 11) is 0. The van der Waals surface area contributed by atoms with Gasteiger partial charge < -0.3 is 10.4 Å². The summed E-state index contributed by atoms with van der Waals surface area (Å²) in [5, 5.41) is 18.0. The number of benzene rings is 1. The van der Waals surface area contributed by atoms with Crippen LogP contribution in [0.1, 0.15) is 47.8 Å². The molecule has 0 bridgehead atoms. The maximum absolute atomic E-state index is 9.16. The number of hydrogen-bond acceptors (Lipinski definition) is 5. The maximum atomic E-state index is 9.16. The van der Waals surface area contributed by atoms with Crippen molar-refractivity contribution in [1.82, 2.24) is 14.8 Å². The standard InChI is InChI=1S/C24H30N4OS/c1-4-28-24-21(22(27-28)20-9-5-6-12-25-20)23(30-15-17(3)26-24)19-11-10-18(8-7-13-29)14-16(19)2/h5-6,9-12,14,17,23,26,29H,4,7-8,13,15H2,1-3H3/t17-,23-/m0/s1. The fourth-order valence-electron chi connectivity index (χ4n) is 4.11. The van der Waals surface area contributed by atoms with Gasteiger partial charge in [0, 0.05) is 36.7 Å². The second kappa shape index (κ2) is 9.23. The predicted molar refractivity (Wildman–Crippen MR) is 125 cm³/mol. The zero-order valence-electron chi connectivity index (χ0n) is 17.9. The fraction of sp³-hybridized carbons (Fsp3) is 0.417. The van der Waals surface area contributed by atoms with Gasteiger partial charge in [0.25, 0.3) is 0 Å². The fourth-order valence-corrected chi connectivity index (χ4v) is 5.51. The Hall–Kier alpha value is -2.31. The largest absolute Gasteiger partial charge is 0.396 e. The highest BCUT2D eigenvalue weighted by Crippen LogP contribution is 2.47. The molecule has 0 saturated heterocycles. The first-order chi connectivity index (χ1) is 14.6. The van der Waals surface area contributed by atoms with Crippen LogP contribution in [0.25, 0.3) is 11.4 Å². The Labute approximate surface area is 182 Å². The van der Waals surface area contributed by atoms with Crippen LogP contribution in [0, 0.1) is 6.92 Å². The molecule has 2 N–H and O–H groups in total. The zero-order valence-corrected chi connectivity index (χ0v) is 18.7. The van der Waals surface area contributed by atoms with Crippen molar-refractivity contribution in [3.63, 3.8) is 0 Å². The summed E-state index contributed by atoms with van der Waals surface area (Å²) >= 11 is 1.97. The minimum absolute atomic E-state index is 0.196. The van der Waals surface area contributed by atoms with Crippen molar-refractivity contribution in [1.29, 1.82) is 0 Å². The molecule has 3 heterocycles. The van der Waals surface area contributed by atoms with Gasteiger partial charge in [-0.2, -0.15) is 5.10 Å². The van der Waals surface area contributed by atoms with Gasteiger partial charge in [-0.3, -0.25) is 4.98 Å². The first-order valence-corrected chi connectivity index (χ1v) is 11.8. The van der Waals surface area contributed by atoms with Gasteiger partial charge in [0.05, 0.1) is 10.9 Å². The number of aliphatic hydroxyl groups excluding tert-OH is 1. The van der Waals surface area contributed by atoms with Crippen LogP contribution in [0.2, 0.25) is 0 Å². The summed E-state index contributed by atoms with van der Waals surface area (Å²) in [5.41, 5.74) is 7.02. The first-order valence-electron chi connectivity index (χ1n) is 10.7. The first kappa shape index (κ1) is 20.9. The molecule has 0 spiro atoms. The molecule has 0 saturated carbocycles. The second-order valence-corrected chi connectivity index (χ2v) is 9.06. The number of rotatable bonds is 6. The van der Waals surface area contributed by atoms with Gasteiger partial charge in [-0.05, 0) is 62.4 Å². The van der Waals surface area contributed by atoms with Gasteiger partial charge in [0.1, 0.15) is 11.5 Å². The van der Waals surface area contributed by atoms with E-state index in [1.165, 1.54) is 22.3 Å². The minimum atomic E-state index is 0.196. The lowest BCUT2D eigenvalue weighted by molar-refractivity contribution is 0.288. The Morgan fingerprint density at radius 1 is 1.27 bits per heavy atom. The van der Waals surface area contributed by atoms with E-state index in [9.17, 15) is 0 Å².